The highest BCUT2D eigenvalue weighted by molar-refractivity contribution is 5.94. The number of carbonyl (C=O) groups excluding carboxylic acids is 1. The molecule has 0 saturated carbocycles. The van der Waals surface area contributed by atoms with Crippen LogP contribution in [0.3, 0.4) is 0 Å². The van der Waals surface area contributed by atoms with E-state index in [1.165, 1.54) is 5.56 Å². The predicted octanol–water partition coefficient (Wildman–Crippen LogP) is 2.00. The summed E-state index contributed by atoms with van der Waals surface area (Å²) >= 11 is 0. The van der Waals surface area contributed by atoms with Crippen LogP contribution in [0.15, 0.2) is 36.8 Å². The largest absolute Gasteiger partial charge is 0.379 e. The number of rotatable bonds is 3. The molecule has 2 heterocycles. The summed E-state index contributed by atoms with van der Waals surface area (Å²) in [4.78, 5) is 21.4. The number of amides is 1. The van der Waals surface area contributed by atoms with Crippen LogP contribution in [0.5, 0.6) is 0 Å². The highest BCUT2D eigenvalue weighted by Crippen LogP contribution is 2.30. The Morgan fingerprint density at radius 1 is 1.40 bits per heavy atom. The standard InChI is InChI=1S/C15H16N4O/c1-11(20)19-7-5-12-8-13(2-3-15(12)19)17-9-14-4-6-16-10-18-14/h2-4,6,8,10,17H,5,7,9H2,1H3. The summed E-state index contributed by atoms with van der Waals surface area (Å²) in [6, 6.07) is 8.00. The van der Waals surface area contributed by atoms with Crippen LogP contribution in [0, 0.1) is 0 Å². The molecule has 0 saturated heterocycles. The Labute approximate surface area is 117 Å². The van der Waals surface area contributed by atoms with Crippen molar-refractivity contribution in [2.75, 3.05) is 16.8 Å². The lowest BCUT2D eigenvalue weighted by Gasteiger charge is -2.15. The van der Waals surface area contributed by atoms with E-state index in [1.807, 2.05) is 23.1 Å². The molecule has 0 aliphatic carbocycles. The topological polar surface area (TPSA) is 58.1 Å². The molecule has 0 fully saturated rings. The molecule has 5 heteroatoms. The van der Waals surface area contributed by atoms with Gasteiger partial charge in [-0.05, 0) is 36.2 Å². The first kappa shape index (κ1) is 12.6. The maximum absolute atomic E-state index is 11.5. The van der Waals surface area contributed by atoms with Crippen molar-refractivity contribution in [3.63, 3.8) is 0 Å². The minimum atomic E-state index is 0.102. The average Bonchev–Trinajstić information content (AvgIpc) is 2.89. The Morgan fingerprint density at radius 3 is 3.05 bits per heavy atom. The maximum Gasteiger partial charge on any atom is 0.223 e. The van der Waals surface area contributed by atoms with Gasteiger partial charge in [0.15, 0.2) is 0 Å². The van der Waals surface area contributed by atoms with Gasteiger partial charge in [-0.15, -0.1) is 0 Å². The smallest absolute Gasteiger partial charge is 0.223 e. The van der Waals surface area contributed by atoms with Crippen LogP contribution >= 0.6 is 0 Å². The van der Waals surface area contributed by atoms with Gasteiger partial charge < -0.3 is 10.2 Å². The molecule has 0 radical (unpaired) electrons. The fourth-order valence-electron chi connectivity index (χ4n) is 2.45. The molecule has 1 amide bonds. The van der Waals surface area contributed by atoms with Crippen LogP contribution in [0.4, 0.5) is 11.4 Å². The van der Waals surface area contributed by atoms with Crippen LogP contribution in [0.1, 0.15) is 18.2 Å². The van der Waals surface area contributed by atoms with E-state index in [4.69, 9.17) is 0 Å². The van der Waals surface area contributed by atoms with Crippen molar-refractivity contribution in [3.8, 4) is 0 Å². The van der Waals surface area contributed by atoms with Crippen molar-refractivity contribution >= 4 is 17.3 Å². The Morgan fingerprint density at radius 2 is 2.30 bits per heavy atom. The normalized spacial score (nSPS) is 13.2. The number of hydrogen-bond donors (Lipinski definition) is 1. The second-order valence-electron chi connectivity index (χ2n) is 4.82. The minimum absolute atomic E-state index is 0.102. The molecule has 0 atom stereocenters. The minimum Gasteiger partial charge on any atom is -0.379 e. The maximum atomic E-state index is 11.5. The lowest BCUT2D eigenvalue weighted by molar-refractivity contribution is -0.116. The Balaban J connectivity index is 1.72. The van der Waals surface area contributed by atoms with Gasteiger partial charge in [0.2, 0.25) is 5.91 Å². The molecule has 1 aliphatic heterocycles. The van der Waals surface area contributed by atoms with Gasteiger partial charge in [-0.25, -0.2) is 9.97 Å². The summed E-state index contributed by atoms with van der Waals surface area (Å²) in [5.74, 6) is 0.102. The fraction of sp³-hybridized carbons (Fsp3) is 0.267. The van der Waals surface area contributed by atoms with Gasteiger partial charge in [0, 0.05) is 31.0 Å². The number of aromatic nitrogens is 2. The molecule has 2 aromatic rings. The molecule has 0 spiro atoms. The van der Waals surface area contributed by atoms with E-state index < -0.39 is 0 Å². The lowest BCUT2D eigenvalue weighted by atomic mass is 10.1. The average molecular weight is 268 g/mol. The number of nitrogens with zero attached hydrogens (tertiary/aromatic N) is 3. The molecule has 20 heavy (non-hydrogen) atoms. The van der Waals surface area contributed by atoms with Crippen molar-refractivity contribution in [2.45, 2.75) is 19.9 Å². The molecule has 1 aromatic carbocycles. The van der Waals surface area contributed by atoms with Crippen molar-refractivity contribution < 1.29 is 4.79 Å². The Hall–Kier alpha value is -2.43. The van der Waals surface area contributed by atoms with Gasteiger partial charge in [-0.3, -0.25) is 4.79 Å². The number of nitrogens with one attached hydrogen (secondary N) is 1. The second-order valence-corrected chi connectivity index (χ2v) is 4.82. The third kappa shape index (κ3) is 2.47. The molecule has 0 unspecified atom stereocenters. The first-order valence-electron chi connectivity index (χ1n) is 6.64. The highest BCUT2D eigenvalue weighted by Gasteiger charge is 2.21. The van der Waals surface area contributed by atoms with Crippen LogP contribution in [0.2, 0.25) is 0 Å². The summed E-state index contributed by atoms with van der Waals surface area (Å²) in [5.41, 5.74) is 4.25. The van der Waals surface area contributed by atoms with Gasteiger partial charge in [-0.2, -0.15) is 0 Å². The molecular formula is C15H16N4O. The molecule has 1 aliphatic rings. The highest BCUT2D eigenvalue weighted by atomic mass is 16.2. The van der Waals surface area contributed by atoms with E-state index >= 15 is 0 Å². The quantitative estimate of drug-likeness (QED) is 0.925. The molecule has 102 valence electrons. The van der Waals surface area contributed by atoms with Crippen molar-refractivity contribution in [3.05, 3.63) is 48.0 Å². The van der Waals surface area contributed by atoms with Crippen LogP contribution in [-0.4, -0.2) is 22.4 Å². The van der Waals surface area contributed by atoms with Gasteiger partial charge >= 0.3 is 0 Å². The summed E-state index contributed by atoms with van der Waals surface area (Å²) in [7, 11) is 0. The third-order valence-corrected chi connectivity index (χ3v) is 3.47. The summed E-state index contributed by atoms with van der Waals surface area (Å²) in [6.07, 6.45) is 4.19. The number of benzene rings is 1. The molecule has 0 bridgehead atoms. The number of anilines is 2. The summed E-state index contributed by atoms with van der Waals surface area (Å²) in [6.45, 7) is 3.05. The lowest BCUT2D eigenvalue weighted by Crippen LogP contribution is -2.25. The van der Waals surface area contributed by atoms with Gasteiger partial charge in [0.05, 0.1) is 12.2 Å². The van der Waals surface area contributed by atoms with Gasteiger partial charge in [0.1, 0.15) is 6.33 Å². The zero-order chi connectivity index (χ0) is 13.9. The monoisotopic (exact) mass is 268 g/mol. The Bertz CT molecular complexity index is 627. The number of hydrogen-bond acceptors (Lipinski definition) is 4. The van der Waals surface area contributed by atoms with Gasteiger partial charge in [-0.1, -0.05) is 0 Å². The van der Waals surface area contributed by atoms with Gasteiger partial charge in [0.25, 0.3) is 0 Å². The van der Waals surface area contributed by atoms with E-state index in [9.17, 15) is 4.79 Å². The predicted molar refractivity (Wildman–Crippen MR) is 77.5 cm³/mol. The van der Waals surface area contributed by atoms with Crippen LogP contribution in [0.25, 0.3) is 0 Å². The Kier molecular flexibility index (Phi) is 3.33. The van der Waals surface area contributed by atoms with E-state index in [0.717, 1.165) is 30.0 Å². The van der Waals surface area contributed by atoms with E-state index in [0.29, 0.717) is 6.54 Å². The molecular weight excluding hydrogens is 252 g/mol. The zero-order valence-corrected chi connectivity index (χ0v) is 11.3. The van der Waals surface area contributed by atoms with E-state index in [2.05, 4.69) is 21.4 Å². The first-order chi connectivity index (χ1) is 9.74. The first-order valence-corrected chi connectivity index (χ1v) is 6.64. The van der Waals surface area contributed by atoms with Crippen LogP contribution < -0.4 is 10.2 Å². The molecule has 3 rings (SSSR count). The van der Waals surface area contributed by atoms with Crippen molar-refractivity contribution in [1.29, 1.82) is 0 Å². The second kappa shape index (κ2) is 5.28. The SMILES string of the molecule is CC(=O)N1CCc2cc(NCc3ccncn3)ccc21. The van der Waals surface area contributed by atoms with Crippen LogP contribution in [-0.2, 0) is 17.8 Å². The summed E-state index contributed by atoms with van der Waals surface area (Å²) < 4.78 is 0. The summed E-state index contributed by atoms with van der Waals surface area (Å²) in [5, 5.41) is 3.34. The third-order valence-electron chi connectivity index (χ3n) is 3.47. The fourth-order valence-corrected chi connectivity index (χ4v) is 2.45. The molecule has 1 N–H and O–H groups in total. The number of fused-ring (bicyclic) bond motifs is 1. The molecule has 5 nitrogen and oxygen atoms in total. The van der Waals surface area contributed by atoms with Crippen molar-refractivity contribution in [2.24, 2.45) is 0 Å². The van der Waals surface area contributed by atoms with E-state index in [-0.39, 0.29) is 5.91 Å². The number of carbonyl (C=O) groups is 1. The van der Waals surface area contributed by atoms with E-state index in [1.54, 1.807) is 19.4 Å². The zero-order valence-electron chi connectivity index (χ0n) is 11.3. The molecule has 1 aromatic heterocycles. The van der Waals surface area contributed by atoms with Crippen molar-refractivity contribution in [1.82, 2.24) is 9.97 Å².